The number of carbonyl (C=O) groups excluding carboxylic acids is 1. The lowest BCUT2D eigenvalue weighted by atomic mass is 10.0. The molecule has 0 aliphatic carbocycles. The van der Waals surface area contributed by atoms with Gasteiger partial charge in [0.2, 0.25) is 0 Å². The van der Waals surface area contributed by atoms with Crippen molar-refractivity contribution in [3.05, 3.63) is 107 Å². The number of anilines is 1. The maximum absolute atomic E-state index is 12.9. The summed E-state index contributed by atoms with van der Waals surface area (Å²) >= 11 is 0. The van der Waals surface area contributed by atoms with Crippen LogP contribution in [-0.2, 0) is 7.05 Å². The Morgan fingerprint density at radius 2 is 1.40 bits per heavy atom. The van der Waals surface area contributed by atoms with Gasteiger partial charge >= 0.3 is 0 Å². The number of nitrogens with zero attached hydrogens (tertiary/aromatic N) is 2. The molecule has 1 heterocycles. The van der Waals surface area contributed by atoms with Crippen molar-refractivity contribution >= 4 is 11.5 Å². The van der Waals surface area contributed by atoms with E-state index < -0.39 is 0 Å². The quantitative estimate of drug-likeness (QED) is 0.489. The van der Waals surface area contributed by atoms with E-state index in [9.17, 15) is 9.59 Å². The molecule has 3 aromatic carbocycles. The number of nitrogens with one attached hydrogen (secondary N) is 1. The number of benzene rings is 3. The number of rotatable bonds is 6. The van der Waals surface area contributed by atoms with Crippen molar-refractivity contribution < 1.29 is 4.79 Å². The molecule has 0 saturated heterocycles. The average molecular weight is 397 g/mol. The number of aromatic nitrogens is 2. The third-order valence-electron chi connectivity index (χ3n) is 5.29. The topological polar surface area (TPSA) is 56.0 Å². The normalized spacial score (nSPS) is 10.7. The molecular formula is C25H23N3O2. The molecule has 30 heavy (non-hydrogen) atoms. The Balaban J connectivity index is 1.51. The number of ketones is 1. The first-order chi connectivity index (χ1) is 14.6. The van der Waals surface area contributed by atoms with E-state index in [0.717, 1.165) is 22.5 Å². The Morgan fingerprint density at radius 3 is 2.03 bits per heavy atom. The molecule has 0 aliphatic heterocycles. The van der Waals surface area contributed by atoms with Crippen LogP contribution in [-0.4, -0.2) is 21.7 Å². The van der Waals surface area contributed by atoms with Gasteiger partial charge < -0.3 is 5.32 Å². The Bertz CT molecular complexity index is 1220. The van der Waals surface area contributed by atoms with Crippen molar-refractivity contribution in [1.29, 1.82) is 0 Å². The highest BCUT2D eigenvalue weighted by Gasteiger charge is 2.17. The fourth-order valence-electron chi connectivity index (χ4n) is 3.52. The van der Waals surface area contributed by atoms with Gasteiger partial charge in [0.15, 0.2) is 5.78 Å². The first-order valence-electron chi connectivity index (χ1n) is 9.83. The van der Waals surface area contributed by atoms with Gasteiger partial charge in [-0.25, -0.2) is 4.68 Å². The van der Waals surface area contributed by atoms with Gasteiger partial charge in [0.05, 0.1) is 17.9 Å². The van der Waals surface area contributed by atoms with E-state index in [1.807, 2.05) is 98.9 Å². The molecule has 1 aromatic heterocycles. The van der Waals surface area contributed by atoms with Gasteiger partial charge in [-0.3, -0.25) is 14.3 Å². The summed E-state index contributed by atoms with van der Waals surface area (Å²) in [5, 5.41) is 3.05. The molecule has 0 atom stereocenters. The van der Waals surface area contributed by atoms with Crippen LogP contribution in [0.25, 0.3) is 16.8 Å². The number of para-hydroxylation sites is 1. The van der Waals surface area contributed by atoms with Crippen molar-refractivity contribution in [3.63, 3.8) is 0 Å². The SMILES string of the molecule is Cc1c(NCC(=O)c2ccc(-c3ccccc3)cc2)c(=O)n(-c2ccccc2)n1C. The summed E-state index contributed by atoms with van der Waals surface area (Å²) in [6, 6.07) is 27.0. The molecular weight excluding hydrogens is 374 g/mol. The summed E-state index contributed by atoms with van der Waals surface area (Å²) < 4.78 is 3.38. The summed E-state index contributed by atoms with van der Waals surface area (Å²) in [4.78, 5) is 25.6. The lowest BCUT2D eigenvalue weighted by Gasteiger charge is -2.07. The van der Waals surface area contributed by atoms with Gasteiger partial charge in [-0.2, -0.15) is 0 Å². The molecule has 0 spiro atoms. The van der Waals surface area contributed by atoms with Crippen LogP contribution in [0.2, 0.25) is 0 Å². The predicted molar refractivity (Wildman–Crippen MR) is 120 cm³/mol. The fraction of sp³-hybridized carbons (Fsp3) is 0.120. The van der Waals surface area contributed by atoms with Gasteiger partial charge in [0.25, 0.3) is 5.56 Å². The van der Waals surface area contributed by atoms with E-state index >= 15 is 0 Å². The standard InChI is InChI=1S/C25H23N3O2/c1-18-24(25(30)28(27(18)2)22-11-7-4-8-12-22)26-17-23(29)21-15-13-20(14-16-21)19-9-5-3-6-10-19/h3-16,26H,17H2,1-2H3. The molecule has 4 aromatic rings. The van der Waals surface area contributed by atoms with Gasteiger partial charge in [-0.15, -0.1) is 0 Å². The number of carbonyl (C=O) groups is 1. The molecule has 0 bridgehead atoms. The first-order valence-corrected chi connectivity index (χ1v) is 9.83. The summed E-state index contributed by atoms with van der Waals surface area (Å²) in [6.07, 6.45) is 0. The number of hydrogen-bond acceptors (Lipinski definition) is 3. The molecule has 4 rings (SSSR count). The zero-order valence-electron chi connectivity index (χ0n) is 17.0. The zero-order valence-corrected chi connectivity index (χ0v) is 17.0. The van der Waals surface area contributed by atoms with Crippen LogP contribution < -0.4 is 10.9 Å². The number of hydrogen-bond donors (Lipinski definition) is 1. The van der Waals surface area contributed by atoms with E-state index in [0.29, 0.717) is 11.3 Å². The fourth-order valence-corrected chi connectivity index (χ4v) is 3.52. The predicted octanol–water partition coefficient (Wildman–Crippen LogP) is 4.45. The van der Waals surface area contributed by atoms with Crippen LogP contribution in [0.3, 0.4) is 0 Å². The third kappa shape index (κ3) is 3.70. The van der Waals surface area contributed by atoms with Gasteiger partial charge in [-0.1, -0.05) is 72.8 Å². The maximum atomic E-state index is 12.9. The van der Waals surface area contributed by atoms with Crippen molar-refractivity contribution in [2.75, 3.05) is 11.9 Å². The molecule has 0 amide bonds. The maximum Gasteiger partial charge on any atom is 0.295 e. The molecule has 5 nitrogen and oxygen atoms in total. The van der Waals surface area contributed by atoms with Crippen molar-refractivity contribution in [1.82, 2.24) is 9.36 Å². The van der Waals surface area contributed by atoms with Crippen molar-refractivity contribution in [2.45, 2.75) is 6.92 Å². The van der Waals surface area contributed by atoms with E-state index in [-0.39, 0.29) is 17.9 Å². The van der Waals surface area contributed by atoms with E-state index in [4.69, 9.17) is 0 Å². The summed E-state index contributed by atoms with van der Waals surface area (Å²) in [6.45, 7) is 1.92. The van der Waals surface area contributed by atoms with Crippen LogP contribution in [0.15, 0.2) is 89.7 Å². The molecule has 150 valence electrons. The van der Waals surface area contributed by atoms with Crippen molar-refractivity contribution in [2.24, 2.45) is 7.05 Å². The van der Waals surface area contributed by atoms with E-state index in [2.05, 4.69) is 5.32 Å². The van der Waals surface area contributed by atoms with Crippen LogP contribution >= 0.6 is 0 Å². The van der Waals surface area contributed by atoms with E-state index in [1.54, 1.807) is 9.36 Å². The minimum Gasteiger partial charge on any atom is -0.372 e. The molecule has 0 radical (unpaired) electrons. The molecule has 0 saturated carbocycles. The second-order valence-corrected chi connectivity index (χ2v) is 7.16. The Morgan fingerprint density at radius 1 is 0.833 bits per heavy atom. The highest BCUT2D eigenvalue weighted by atomic mass is 16.1. The molecule has 5 heteroatoms. The first kappa shape index (κ1) is 19.5. The average Bonchev–Trinajstić information content (AvgIpc) is 3.01. The second-order valence-electron chi connectivity index (χ2n) is 7.16. The molecule has 0 unspecified atom stereocenters. The van der Waals surface area contributed by atoms with Gasteiger partial charge in [0, 0.05) is 12.6 Å². The summed E-state index contributed by atoms with van der Waals surface area (Å²) in [7, 11) is 1.83. The third-order valence-corrected chi connectivity index (χ3v) is 5.29. The van der Waals surface area contributed by atoms with Crippen molar-refractivity contribution in [3.8, 4) is 16.8 Å². The second kappa shape index (κ2) is 8.25. The van der Waals surface area contributed by atoms with Crippen LogP contribution in [0.1, 0.15) is 16.1 Å². The largest absolute Gasteiger partial charge is 0.372 e. The molecule has 1 N–H and O–H groups in total. The van der Waals surface area contributed by atoms with Crippen LogP contribution in [0.5, 0.6) is 0 Å². The zero-order chi connectivity index (χ0) is 21.1. The lowest BCUT2D eigenvalue weighted by Crippen LogP contribution is -2.22. The van der Waals surface area contributed by atoms with Gasteiger partial charge in [-0.05, 0) is 30.2 Å². The minimum absolute atomic E-state index is 0.0551. The Labute approximate surface area is 175 Å². The molecule has 0 fully saturated rings. The highest BCUT2D eigenvalue weighted by Crippen LogP contribution is 2.20. The summed E-state index contributed by atoms with van der Waals surface area (Å²) in [5.74, 6) is -0.0662. The molecule has 0 aliphatic rings. The lowest BCUT2D eigenvalue weighted by molar-refractivity contribution is 0.101. The number of Topliss-reactive ketones (excluding diaryl/α,β-unsaturated/α-hetero) is 1. The summed E-state index contributed by atoms with van der Waals surface area (Å²) in [5.41, 5.74) is 4.60. The van der Waals surface area contributed by atoms with Gasteiger partial charge in [0.1, 0.15) is 5.69 Å². The van der Waals surface area contributed by atoms with E-state index in [1.165, 1.54) is 0 Å². The Kier molecular flexibility index (Phi) is 5.35. The highest BCUT2D eigenvalue weighted by molar-refractivity contribution is 5.99. The monoisotopic (exact) mass is 397 g/mol. The minimum atomic E-state index is -0.173. The Hall–Kier alpha value is -3.86. The van der Waals surface area contributed by atoms with Crippen LogP contribution in [0.4, 0.5) is 5.69 Å². The smallest absolute Gasteiger partial charge is 0.295 e. The van der Waals surface area contributed by atoms with Crippen LogP contribution in [0, 0.1) is 6.92 Å².